The normalized spacial score (nSPS) is 14.2. The lowest BCUT2D eigenvalue weighted by molar-refractivity contribution is 0.312. The van der Waals surface area contributed by atoms with E-state index in [1.807, 2.05) is 18.2 Å². The lowest BCUT2D eigenvalue weighted by Gasteiger charge is -2.12. The molecule has 1 unspecified atom stereocenters. The average molecular weight is 281 g/mol. The van der Waals surface area contributed by atoms with Gasteiger partial charge in [-0.15, -0.1) is 0 Å². The van der Waals surface area contributed by atoms with Crippen LogP contribution in [0.2, 0.25) is 0 Å². The van der Waals surface area contributed by atoms with Crippen LogP contribution in [0.25, 0.3) is 22.2 Å². The minimum Gasteiger partial charge on any atom is -0.337 e. The van der Waals surface area contributed by atoms with Crippen molar-refractivity contribution in [2.45, 2.75) is 26.3 Å². The molecule has 1 heterocycles. The van der Waals surface area contributed by atoms with E-state index in [1.165, 1.54) is 5.39 Å². The standard InChI is InChI=1S/C17H19N3O/c1-3-11(2)15(18)17-19-16(20-21-17)14-9-8-12-6-4-5-7-13(12)10-14/h4-11,15H,3,18H2,1-2H3/t11?,15-/m0/s1. The Hall–Kier alpha value is -2.20. The number of rotatable bonds is 4. The largest absolute Gasteiger partial charge is 0.337 e. The van der Waals surface area contributed by atoms with Gasteiger partial charge in [-0.1, -0.05) is 61.8 Å². The van der Waals surface area contributed by atoms with Crippen molar-refractivity contribution in [3.05, 3.63) is 48.4 Å². The zero-order valence-corrected chi connectivity index (χ0v) is 12.3. The van der Waals surface area contributed by atoms with Crippen LogP contribution in [0, 0.1) is 5.92 Å². The van der Waals surface area contributed by atoms with Gasteiger partial charge in [-0.25, -0.2) is 0 Å². The zero-order valence-electron chi connectivity index (χ0n) is 12.3. The van der Waals surface area contributed by atoms with Crippen molar-refractivity contribution in [2.75, 3.05) is 0 Å². The van der Waals surface area contributed by atoms with E-state index in [0.717, 1.165) is 17.4 Å². The summed E-state index contributed by atoms with van der Waals surface area (Å²) < 4.78 is 5.33. The Morgan fingerprint density at radius 2 is 1.90 bits per heavy atom. The van der Waals surface area contributed by atoms with Gasteiger partial charge in [-0.2, -0.15) is 4.98 Å². The minimum absolute atomic E-state index is 0.211. The predicted molar refractivity (Wildman–Crippen MR) is 83.6 cm³/mol. The first kappa shape index (κ1) is 13.8. The van der Waals surface area contributed by atoms with Crippen LogP contribution in [0.15, 0.2) is 47.0 Å². The molecule has 2 atom stereocenters. The van der Waals surface area contributed by atoms with Gasteiger partial charge in [0, 0.05) is 5.56 Å². The molecule has 108 valence electrons. The van der Waals surface area contributed by atoms with Crippen LogP contribution in [0.5, 0.6) is 0 Å². The van der Waals surface area contributed by atoms with E-state index in [1.54, 1.807) is 0 Å². The maximum Gasteiger partial charge on any atom is 0.244 e. The van der Waals surface area contributed by atoms with E-state index in [4.69, 9.17) is 10.3 Å². The number of nitrogens with zero attached hydrogens (tertiary/aromatic N) is 2. The van der Waals surface area contributed by atoms with Crippen LogP contribution in [0.3, 0.4) is 0 Å². The highest BCUT2D eigenvalue weighted by Gasteiger charge is 2.20. The van der Waals surface area contributed by atoms with Gasteiger partial charge in [0.15, 0.2) is 0 Å². The highest BCUT2D eigenvalue weighted by Crippen LogP contribution is 2.25. The topological polar surface area (TPSA) is 64.9 Å². The van der Waals surface area contributed by atoms with Crippen molar-refractivity contribution >= 4 is 10.8 Å². The molecule has 0 aliphatic heterocycles. The summed E-state index contributed by atoms with van der Waals surface area (Å²) in [6.45, 7) is 4.19. The highest BCUT2D eigenvalue weighted by atomic mass is 16.5. The van der Waals surface area contributed by atoms with Crippen molar-refractivity contribution in [3.8, 4) is 11.4 Å². The minimum atomic E-state index is -0.211. The fourth-order valence-electron chi connectivity index (χ4n) is 2.31. The zero-order chi connectivity index (χ0) is 14.8. The predicted octanol–water partition coefficient (Wildman–Crippen LogP) is 3.94. The molecular weight excluding hydrogens is 262 g/mol. The monoisotopic (exact) mass is 281 g/mol. The Kier molecular flexibility index (Phi) is 3.71. The molecule has 0 amide bonds. The van der Waals surface area contributed by atoms with E-state index in [-0.39, 0.29) is 6.04 Å². The molecule has 0 radical (unpaired) electrons. The van der Waals surface area contributed by atoms with Crippen LogP contribution in [0.1, 0.15) is 32.2 Å². The van der Waals surface area contributed by atoms with Gasteiger partial charge >= 0.3 is 0 Å². The van der Waals surface area contributed by atoms with Crippen LogP contribution >= 0.6 is 0 Å². The van der Waals surface area contributed by atoms with Crippen molar-refractivity contribution < 1.29 is 4.52 Å². The van der Waals surface area contributed by atoms with E-state index in [9.17, 15) is 0 Å². The second-order valence-electron chi connectivity index (χ2n) is 5.43. The van der Waals surface area contributed by atoms with Gasteiger partial charge in [-0.3, -0.25) is 0 Å². The SMILES string of the molecule is CCC(C)[C@H](N)c1nc(-c2ccc3ccccc3c2)no1. The van der Waals surface area contributed by atoms with Gasteiger partial charge in [-0.05, 0) is 22.8 Å². The Morgan fingerprint density at radius 1 is 1.14 bits per heavy atom. The van der Waals surface area contributed by atoms with Gasteiger partial charge in [0.05, 0.1) is 6.04 Å². The molecule has 0 aliphatic rings. The number of aromatic nitrogens is 2. The molecule has 4 heteroatoms. The van der Waals surface area contributed by atoms with Crippen LogP contribution < -0.4 is 5.73 Å². The molecule has 3 aromatic rings. The molecule has 4 nitrogen and oxygen atoms in total. The van der Waals surface area contributed by atoms with E-state index in [0.29, 0.717) is 17.6 Å². The smallest absolute Gasteiger partial charge is 0.244 e. The molecule has 21 heavy (non-hydrogen) atoms. The Balaban J connectivity index is 1.94. The summed E-state index contributed by atoms with van der Waals surface area (Å²) >= 11 is 0. The summed E-state index contributed by atoms with van der Waals surface area (Å²) in [4.78, 5) is 4.45. The Bertz CT molecular complexity index is 750. The van der Waals surface area contributed by atoms with Gasteiger partial charge in [0.25, 0.3) is 0 Å². The Labute approximate surface area is 124 Å². The number of benzene rings is 2. The number of hydrogen-bond donors (Lipinski definition) is 1. The second-order valence-corrected chi connectivity index (χ2v) is 5.43. The van der Waals surface area contributed by atoms with Crippen molar-refractivity contribution in [1.82, 2.24) is 10.1 Å². The summed E-state index contributed by atoms with van der Waals surface area (Å²) in [6, 6.07) is 14.1. The van der Waals surface area contributed by atoms with Crippen LogP contribution in [-0.4, -0.2) is 10.1 Å². The summed E-state index contributed by atoms with van der Waals surface area (Å²) in [5, 5.41) is 6.42. The summed E-state index contributed by atoms with van der Waals surface area (Å²) in [5.74, 6) is 1.41. The maximum absolute atomic E-state index is 6.13. The quantitative estimate of drug-likeness (QED) is 0.786. The first-order valence-corrected chi connectivity index (χ1v) is 7.27. The number of hydrogen-bond acceptors (Lipinski definition) is 4. The molecular formula is C17H19N3O. The fourth-order valence-corrected chi connectivity index (χ4v) is 2.31. The van der Waals surface area contributed by atoms with E-state index < -0.39 is 0 Å². The van der Waals surface area contributed by atoms with Gasteiger partial charge < -0.3 is 10.3 Å². The molecule has 1 aromatic heterocycles. The van der Waals surface area contributed by atoms with Gasteiger partial charge in [0.2, 0.25) is 11.7 Å². The van der Waals surface area contributed by atoms with Crippen LogP contribution in [-0.2, 0) is 0 Å². The summed E-state index contributed by atoms with van der Waals surface area (Å²) in [7, 11) is 0. The summed E-state index contributed by atoms with van der Waals surface area (Å²) in [5.41, 5.74) is 7.08. The van der Waals surface area contributed by atoms with Crippen molar-refractivity contribution in [1.29, 1.82) is 0 Å². The molecule has 0 saturated carbocycles. The molecule has 0 spiro atoms. The number of nitrogens with two attached hydrogens (primary N) is 1. The first-order chi connectivity index (χ1) is 10.2. The molecule has 2 N–H and O–H groups in total. The Morgan fingerprint density at radius 3 is 2.67 bits per heavy atom. The number of fused-ring (bicyclic) bond motifs is 1. The maximum atomic E-state index is 6.13. The third kappa shape index (κ3) is 2.67. The second kappa shape index (κ2) is 5.66. The van der Waals surface area contributed by atoms with Crippen molar-refractivity contribution in [2.24, 2.45) is 11.7 Å². The third-order valence-electron chi connectivity index (χ3n) is 3.99. The molecule has 2 aromatic carbocycles. The average Bonchev–Trinajstić information content (AvgIpc) is 3.02. The third-order valence-corrected chi connectivity index (χ3v) is 3.99. The lowest BCUT2D eigenvalue weighted by Crippen LogP contribution is -2.18. The fraction of sp³-hybridized carbons (Fsp3) is 0.294. The molecule has 0 bridgehead atoms. The van der Waals surface area contributed by atoms with E-state index >= 15 is 0 Å². The van der Waals surface area contributed by atoms with E-state index in [2.05, 4.69) is 48.3 Å². The molecule has 0 fully saturated rings. The van der Waals surface area contributed by atoms with Crippen molar-refractivity contribution in [3.63, 3.8) is 0 Å². The van der Waals surface area contributed by atoms with Gasteiger partial charge in [0.1, 0.15) is 0 Å². The van der Waals surface area contributed by atoms with Crippen LogP contribution in [0.4, 0.5) is 0 Å². The molecule has 0 aliphatic carbocycles. The molecule has 0 saturated heterocycles. The molecule has 3 rings (SSSR count). The first-order valence-electron chi connectivity index (χ1n) is 7.27. The highest BCUT2D eigenvalue weighted by molar-refractivity contribution is 5.86. The summed E-state index contributed by atoms with van der Waals surface area (Å²) in [6.07, 6.45) is 0.981. The lowest BCUT2D eigenvalue weighted by atomic mass is 10.0.